The summed E-state index contributed by atoms with van der Waals surface area (Å²) in [5.74, 6) is 0.893. The van der Waals surface area contributed by atoms with Crippen molar-refractivity contribution in [3.05, 3.63) is 71.6 Å². The third-order valence-electron chi connectivity index (χ3n) is 7.72. The summed E-state index contributed by atoms with van der Waals surface area (Å²) in [6.45, 7) is 3.18. The first-order valence-corrected chi connectivity index (χ1v) is 14.4. The van der Waals surface area contributed by atoms with Crippen LogP contribution in [-0.2, 0) is 33.6 Å². The monoisotopic (exact) mass is 554 g/mol. The van der Waals surface area contributed by atoms with Gasteiger partial charge in [0, 0.05) is 36.2 Å². The molecular formula is C31H34N6O4. The zero-order chi connectivity index (χ0) is 28.2. The van der Waals surface area contributed by atoms with Gasteiger partial charge < -0.3 is 9.47 Å². The van der Waals surface area contributed by atoms with Crippen LogP contribution in [0.2, 0.25) is 0 Å². The highest BCUT2D eigenvalue weighted by atomic mass is 16.5. The number of ether oxygens (including phenoxy) is 2. The first-order valence-electron chi connectivity index (χ1n) is 14.4. The van der Waals surface area contributed by atoms with Gasteiger partial charge in [0.2, 0.25) is 5.91 Å². The Morgan fingerprint density at radius 3 is 2.78 bits per heavy atom. The fourth-order valence-electron chi connectivity index (χ4n) is 5.65. The number of amides is 1. The van der Waals surface area contributed by atoms with Crippen molar-refractivity contribution in [2.75, 3.05) is 24.7 Å². The van der Waals surface area contributed by atoms with Gasteiger partial charge in [0.05, 0.1) is 49.4 Å². The van der Waals surface area contributed by atoms with Crippen LogP contribution >= 0.6 is 0 Å². The summed E-state index contributed by atoms with van der Waals surface area (Å²) < 4.78 is 13.1. The number of hydrogen-bond acceptors (Lipinski definition) is 8. The maximum atomic E-state index is 12.6. The molecule has 1 amide bonds. The maximum Gasteiger partial charge on any atom is 0.308 e. The third-order valence-corrected chi connectivity index (χ3v) is 7.72. The van der Waals surface area contributed by atoms with E-state index in [9.17, 15) is 9.59 Å². The van der Waals surface area contributed by atoms with E-state index < -0.39 is 6.04 Å². The molecule has 0 radical (unpaired) electrons. The minimum Gasteiger partial charge on any atom is -0.493 e. The highest BCUT2D eigenvalue weighted by Gasteiger charge is 2.27. The van der Waals surface area contributed by atoms with Crippen LogP contribution in [0.4, 0.5) is 5.82 Å². The highest BCUT2D eigenvalue weighted by molar-refractivity contribution is 5.94. The van der Waals surface area contributed by atoms with Crippen LogP contribution in [-0.4, -0.2) is 56.4 Å². The fourth-order valence-corrected chi connectivity index (χ4v) is 5.65. The number of anilines is 1. The van der Waals surface area contributed by atoms with Crippen molar-refractivity contribution >= 4 is 28.6 Å². The van der Waals surface area contributed by atoms with Crippen molar-refractivity contribution in [3.63, 3.8) is 0 Å². The summed E-state index contributed by atoms with van der Waals surface area (Å²) in [5.41, 5.74) is 5.04. The van der Waals surface area contributed by atoms with Crippen LogP contribution in [0.3, 0.4) is 0 Å². The van der Waals surface area contributed by atoms with E-state index in [1.807, 2.05) is 18.2 Å². The number of carbonyl (C=O) groups is 2. The standard InChI is InChI=1S/C31H34N6O4/c1-2-40-31(39)17-28(26-19-32-20-29(35-26)36-14-5-8-30(36)38)37-27-12-11-24(16-22(27)18-33-37)41-15-13-23-10-9-21-6-3-4-7-25(21)34-23/h9-12,16,18-20,28H,2-8,13-15,17H2,1H3. The highest BCUT2D eigenvalue weighted by Crippen LogP contribution is 2.29. The molecule has 1 unspecified atom stereocenters. The number of hydrogen-bond donors (Lipinski definition) is 0. The van der Waals surface area contributed by atoms with E-state index in [0.29, 0.717) is 31.1 Å². The van der Waals surface area contributed by atoms with Gasteiger partial charge in [-0.2, -0.15) is 5.10 Å². The normalized spacial score (nSPS) is 15.6. The molecule has 0 N–H and O–H groups in total. The second kappa shape index (κ2) is 12.0. The van der Waals surface area contributed by atoms with Crippen molar-refractivity contribution in [2.45, 2.75) is 64.3 Å². The molecule has 1 aliphatic heterocycles. The van der Waals surface area contributed by atoms with Gasteiger partial charge in [0.15, 0.2) is 5.82 Å². The van der Waals surface area contributed by atoms with Crippen LogP contribution in [0.1, 0.15) is 67.7 Å². The van der Waals surface area contributed by atoms with Gasteiger partial charge in [0.1, 0.15) is 11.8 Å². The van der Waals surface area contributed by atoms with Gasteiger partial charge in [0.25, 0.3) is 0 Å². The van der Waals surface area contributed by atoms with Gasteiger partial charge >= 0.3 is 5.97 Å². The van der Waals surface area contributed by atoms with Crippen LogP contribution in [0, 0.1) is 0 Å². The summed E-state index contributed by atoms with van der Waals surface area (Å²) >= 11 is 0. The molecule has 4 aromatic rings. The smallest absolute Gasteiger partial charge is 0.308 e. The van der Waals surface area contributed by atoms with Gasteiger partial charge in [-0.3, -0.25) is 29.1 Å². The maximum absolute atomic E-state index is 12.6. The second-order valence-corrected chi connectivity index (χ2v) is 10.5. The average Bonchev–Trinajstić information content (AvgIpc) is 3.62. The largest absolute Gasteiger partial charge is 0.493 e. The van der Waals surface area contributed by atoms with Crippen LogP contribution < -0.4 is 9.64 Å². The Morgan fingerprint density at radius 2 is 1.93 bits per heavy atom. The Kier molecular flexibility index (Phi) is 7.89. The number of carbonyl (C=O) groups excluding carboxylic acids is 2. The van der Waals surface area contributed by atoms with Crippen LogP contribution in [0.15, 0.2) is 48.9 Å². The predicted octanol–water partition coefficient (Wildman–Crippen LogP) is 4.39. The zero-order valence-corrected chi connectivity index (χ0v) is 23.3. The number of fused-ring (bicyclic) bond motifs is 2. The van der Waals surface area contributed by atoms with Crippen molar-refractivity contribution in [1.29, 1.82) is 0 Å². The van der Waals surface area contributed by atoms with Crippen molar-refractivity contribution in [2.24, 2.45) is 0 Å². The quantitative estimate of drug-likeness (QED) is 0.265. The van der Waals surface area contributed by atoms with Gasteiger partial charge in [-0.05, 0) is 68.9 Å². The lowest BCUT2D eigenvalue weighted by Gasteiger charge is -2.20. The molecule has 2 aliphatic rings. The van der Waals surface area contributed by atoms with Gasteiger partial charge in [-0.25, -0.2) is 4.98 Å². The molecule has 1 saturated heterocycles. The SMILES string of the molecule is CCOC(=O)CC(c1cncc(N2CCCC2=O)n1)n1ncc2cc(OCCc3ccc4c(n3)CCCC4)ccc21. The number of pyridine rings is 1. The van der Waals surface area contributed by atoms with Crippen molar-refractivity contribution in [3.8, 4) is 5.75 Å². The van der Waals surface area contributed by atoms with Crippen LogP contribution in [0.5, 0.6) is 5.75 Å². The molecule has 0 bridgehead atoms. The van der Waals surface area contributed by atoms with E-state index in [1.54, 1.807) is 35.1 Å². The minimum absolute atomic E-state index is 0.0258. The molecule has 1 aliphatic carbocycles. The molecule has 1 aromatic carbocycles. The van der Waals surface area contributed by atoms with E-state index in [4.69, 9.17) is 19.4 Å². The molecule has 41 heavy (non-hydrogen) atoms. The molecule has 4 heterocycles. The molecule has 1 atom stereocenters. The molecule has 1 fully saturated rings. The first kappa shape index (κ1) is 26.9. The Hall–Kier alpha value is -4.34. The average molecular weight is 555 g/mol. The molecular weight excluding hydrogens is 520 g/mol. The summed E-state index contributed by atoms with van der Waals surface area (Å²) in [6.07, 6.45) is 11.7. The molecule has 212 valence electrons. The molecule has 6 rings (SSSR count). The summed E-state index contributed by atoms with van der Waals surface area (Å²) in [4.78, 5) is 40.5. The zero-order valence-electron chi connectivity index (χ0n) is 23.3. The van der Waals surface area contributed by atoms with Gasteiger partial charge in [-0.15, -0.1) is 0 Å². The lowest BCUT2D eigenvalue weighted by atomic mass is 9.96. The number of aromatic nitrogens is 5. The van der Waals surface area contributed by atoms with Crippen molar-refractivity contribution in [1.82, 2.24) is 24.7 Å². The number of benzene rings is 1. The van der Waals surface area contributed by atoms with E-state index in [2.05, 4.69) is 22.2 Å². The Bertz CT molecular complexity index is 1570. The fraction of sp³-hybridized carbons (Fsp3) is 0.419. The molecule has 10 heteroatoms. The Labute approximate surface area is 238 Å². The molecule has 0 spiro atoms. The molecule has 3 aromatic heterocycles. The lowest BCUT2D eigenvalue weighted by molar-refractivity contribution is -0.143. The second-order valence-electron chi connectivity index (χ2n) is 10.5. The first-order chi connectivity index (χ1) is 20.1. The van der Waals surface area contributed by atoms with E-state index in [0.717, 1.165) is 48.0 Å². The summed E-state index contributed by atoms with van der Waals surface area (Å²) in [7, 11) is 0. The van der Waals surface area contributed by atoms with Gasteiger partial charge in [-0.1, -0.05) is 6.07 Å². The van der Waals surface area contributed by atoms with Crippen LogP contribution in [0.25, 0.3) is 10.9 Å². The Balaban J connectivity index is 1.21. The third kappa shape index (κ3) is 5.91. The predicted molar refractivity (Wildman–Crippen MR) is 153 cm³/mol. The van der Waals surface area contributed by atoms with E-state index >= 15 is 0 Å². The Morgan fingerprint density at radius 1 is 1.02 bits per heavy atom. The minimum atomic E-state index is -0.557. The number of esters is 1. The summed E-state index contributed by atoms with van der Waals surface area (Å²) in [6, 6.07) is 9.57. The summed E-state index contributed by atoms with van der Waals surface area (Å²) in [5, 5.41) is 5.51. The molecule has 10 nitrogen and oxygen atoms in total. The van der Waals surface area contributed by atoms with E-state index in [-0.39, 0.29) is 24.9 Å². The number of aryl methyl sites for hydroxylation is 2. The molecule has 0 saturated carbocycles. The number of rotatable bonds is 10. The van der Waals surface area contributed by atoms with E-state index in [1.165, 1.54) is 24.1 Å². The topological polar surface area (TPSA) is 112 Å². The lowest BCUT2D eigenvalue weighted by Crippen LogP contribution is -2.26. The number of nitrogens with zero attached hydrogens (tertiary/aromatic N) is 6. The van der Waals surface area contributed by atoms with Crippen molar-refractivity contribution < 1.29 is 19.1 Å².